The van der Waals surface area contributed by atoms with Crippen LogP contribution < -0.4 is 56.5 Å². The SMILES string of the molecule is CCCCCCCCCCCCCCCCCCN(CCCCCCCCCCCCCCCCCC)C(CC)C(=O)[O-].[K+]. The van der Waals surface area contributed by atoms with Crippen molar-refractivity contribution in [3.63, 3.8) is 0 Å². The number of aliphatic carboxylic acids is 1. The molecular weight excluding hydrogens is 566 g/mol. The van der Waals surface area contributed by atoms with Crippen LogP contribution in [0.1, 0.15) is 233 Å². The van der Waals surface area contributed by atoms with Crippen LogP contribution in [0, 0.1) is 0 Å². The summed E-state index contributed by atoms with van der Waals surface area (Å²) in [5.74, 6) is -0.879. The minimum absolute atomic E-state index is 0. The van der Waals surface area contributed by atoms with E-state index in [0.717, 1.165) is 25.9 Å². The van der Waals surface area contributed by atoms with Crippen molar-refractivity contribution < 1.29 is 61.3 Å². The Kier molecular flexibility index (Phi) is 43.2. The van der Waals surface area contributed by atoms with E-state index in [4.69, 9.17) is 0 Å². The van der Waals surface area contributed by atoms with E-state index in [-0.39, 0.29) is 51.4 Å². The maximum Gasteiger partial charge on any atom is 1.00 e. The molecular formula is C40H80KNO2. The first-order valence-electron chi connectivity index (χ1n) is 20.1. The van der Waals surface area contributed by atoms with Gasteiger partial charge in [-0.1, -0.05) is 213 Å². The molecule has 4 heteroatoms. The topological polar surface area (TPSA) is 43.4 Å². The third-order valence-electron chi connectivity index (χ3n) is 9.70. The molecule has 0 rings (SSSR count). The number of unbranched alkanes of at least 4 members (excludes halogenated alkanes) is 30. The minimum Gasteiger partial charge on any atom is -0.548 e. The van der Waals surface area contributed by atoms with Gasteiger partial charge in [-0.05, 0) is 32.4 Å². The summed E-state index contributed by atoms with van der Waals surface area (Å²) in [6, 6.07) is -0.410. The minimum atomic E-state index is -0.879. The maximum atomic E-state index is 11.8. The molecule has 0 aliphatic rings. The average molecular weight is 646 g/mol. The molecule has 0 aromatic carbocycles. The Bertz CT molecular complexity index is 507. The molecule has 0 N–H and O–H groups in total. The monoisotopic (exact) mass is 646 g/mol. The summed E-state index contributed by atoms with van der Waals surface area (Å²) in [5.41, 5.74) is 0. The van der Waals surface area contributed by atoms with E-state index in [9.17, 15) is 9.90 Å². The number of hydrogen-bond donors (Lipinski definition) is 0. The molecule has 1 unspecified atom stereocenters. The van der Waals surface area contributed by atoms with Crippen molar-refractivity contribution in [1.29, 1.82) is 0 Å². The summed E-state index contributed by atoms with van der Waals surface area (Å²) >= 11 is 0. The number of carbonyl (C=O) groups is 1. The van der Waals surface area contributed by atoms with Gasteiger partial charge >= 0.3 is 51.4 Å². The van der Waals surface area contributed by atoms with E-state index in [1.54, 1.807) is 0 Å². The number of rotatable bonds is 37. The first-order valence-corrected chi connectivity index (χ1v) is 20.1. The van der Waals surface area contributed by atoms with Crippen LogP contribution in [0.3, 0.4) is 0 Å². The molecule has 0 aliphatic heterocycles. The van der Waals surface area contributed by atoms with E-state index >= 15 is 0 Å². The van der Waals surface area contributed by atoms with Crippen molar-refractivity contribution in [3.8, 4) is 0 Å². The number of nitrogens with zero attached hydrogens (tertiary/aromatic N) is 1. The standard InChI is InChI=1S/C40H81NO2.K/c1-4-7-9-11-13-15-17-19-21-23-25-27-29-31-33-35-37-41(39(6-3)40(42)43)38-36-34-32-30-28-26-24-22-20-18-16-14-12-10-8-5-2;/h39H,4-38H2,1-3H3,(H,42,43);/q;+1/p-1. The molecule has 44 heavy (non-hydrogen) atoms. The van der Waals surface area contributed by atoms with E-state index in [0.29, 0.717) is 6.42 Å². The molecule has 0 bridgehead atoms. The zero-order valence-corrected chi connectivity index (χ0v) is 34.2. The third kappa shape index (κ3) is 34.4. The number of carboxylic acids is 1. The first kappa shape index (κ1) is 47.2. The summed E-state index contributed by atoms with van der Waals surface area (Å²) in [6.45, 7) is 8.42. The van der Waals surface area contributed by atoms with Crippen LogP contribution in [0.2, 0.25) is 0 Å². The van der Waals surface area contributed by atoms with Crippen LogP contribution >= 0.6 is 0 Å². The second-order valence-corrected chi connectivity index (χ2v) is 13.9. The predicted molar refractivity (Wildman–Crippen MR) is 190 cm³/mol. The molecule has 0 radical (unpaired) electrons. The Morgan fingerprint density at radius 3 is 0.795 bits per heavy atom. The normalized spacial score (nSPS) is 12.1. The maximum absolute atomic E-state index is 11.8. The Morgan fingerprint density at radius 2 is 0.614 bits per heavy atom. The fourth-order valence-electron chi connectivity index (χ4n) is 6.72. The number of carbonyl (C=O) groups excluding carboxylic acids is 1. The molecule has 0 heterocycles. The zero-order valence-electron chi connectivity index (χ0n) is 31.1. The van der Waals surface area contributed by atoms with Crippen LogP contribution in [-0.2, 0) is 4.79 Å². The van der Waals surface area contributed by atoms with Crippen molar-refractivity contribution in [2.75, 3.05) is 13.1 Å². The van der Waals surface area contributed by atoms with Gasteiger partial charge < -0.3 is 9.90 Å². The van der Waals surface area contributed by atoms with E-state index in [1.807, 2.05) is 6.92 Å². The summed E-state index contributed by atoms with van der Waals surface area (Å²) in [4.78, 5) is 14.0. The molecule has 0 aromatic rings. The molecule has 0 fully saturated rings. The van der Waals surface area contributed by atoms with Crippen molar-refractivity contribution in [2.24, 2.45) is 0 Å². The Labute approximate surface area is 321 Å². The van der Waals surface area contributed by atoms with Crippen molar-refractivity contribution >= 4 is 5.97 Å². The van der Waals surface area contributed by atoms with Gasteiger partial charge in [0, 0.05) is 6.04 Å². The molecule has 0 aliphatic carbocycles. The van der Waals surface area contributed by atoms with Crippen LogP contribution in [0.15, 0.2) is 0 Å². The second kappa shape index (κ2) is 40.2. The van der Waals surface area contributed by atoms with Crippen LogP contribution in [0.4, 0.5) is 0 Å². The van der Waals surface area contributed by atoms with Crippen LogP contribution in [0.5, 0.6) is 0 Å². The van der Waals surface area contributed by atoms with Gasteiger partial charge in [0.25, 0.3) is 0 Å². The largest absolute Gasteiger partial charge is 1.00 e. The second-order valence-electron chi connectivity index (χ2n) is 13.9. The zero-order chi connectivity index (χ0) is 31.5. The molecule has 0 aromatic heterocycles. The first-order chi connectivity index (χ1) is 21.2. The Balaban J connectivity index is 0. The van der Waals surface area contributed by atoms with Gasteiger partial charge in [-0.15, -0.1) is 0 Å². The predicted octanol–water partition coefficient (Wildman–Crippen LogP) is 9.34. The van der Waals surface area contributed by atoms with E-state index in [2.05, 4.69) is 18.7 Å². The summed E-state index contributed by atoms with van der Waals surface area (Å²) in [5, 5.41) is 11.8. The summed E-state index contributed by atoms with van der Waals surface area (Å²) < 4.78 is 0. The summed E-state index contributed by atoms with van der Waals surface area (Å²) in [6.07, 6.45) is 44.6. The van der Waals surface area contributed by atoms with Crippen molar-refractivity contribution in [2.45, 2.75) is 239 Å². The Hall–Kier alpha value is 1.07. The van der Waals surface area contributed by atoms with Crippen LogP contribution in [-0.4, -0.2) is 30.0 Å². The van der Waals surface area contributed by atoms with E-state index < -0.39 is 12.0 Å². The molecule has 0 saturated heterocycles. The fourth-order valence-corrected chi connectivity index (χ4v) is 6.72. The van der Waals surface area contributed by atoms with Gasteiger partial charge in [0.1, 0.15) is 0 Å². The van der Waals surface area contributed by atoms with Gasteiger partial charge in [-0.3, -0.25) is 4.90 Å². The smallest absolute Gasteiger partial charge is 0.548 e. The molecule has 1 atom stereocenters. The van der Waals surface area contributed by atoms with Gasteiger partial charge in [-0.25, -0.2) is 0 Å². The molecule has 0 spiro atoms. The fraction of sp³-hybridized carbons (Fsp3) is 0.975. The van der Waals surface area contributed by atoms with E-state index in [1.165, 1.54) is 193 Å². The van der Waals surface area contributed by atoms with Gasteiger partial charge in [0.05, 0.1) is 5.97 Å². The van der Waals surface area contributed by atoms with Gasteiger partial charge in [-0.2, -0.15) is 0 Å². The third-order valence-corrected chi connectivity index (χ3v) is 9.70. The number of hydrogen-bond acceptors (Lipinski definition) is 3. The molecule has 0 saturated carbocycles. The molecule has 0 amide bonds. The molecule has 3 nitrogen and oxygen atoms in total. The average Bonchev–Trinajstić information content (AvgIpc) is 3.00. The molecule has 258 valence electrons. The van der Waals surface area contributed by atoms with Crippen LogP contribution in [0.25, 0.3) is 0 Å². The van der Waals surface area contributed by atoms with Crippen molar-refractivity contribution in [3.05, 3.63) is 0 Å². The number of carboxylic acid groups (broad SMARTS) is 1. The van der Waals surface area contributed by atoms with Crippen molar-refractivity contribution in [1.82, 2.24) is 4.90 Å². The quantitative estimate of drug-likeness (QED) is 0.0500. The van der Waals surface area contributed by atoms with Gasteiger partial charge in [0.15, 0.2) is 0 Å². The Morgan fingerprint density at radius 1 is 0.409 bits per heavy atom. The summed E-state index contributed by atoms with van der Waals surface area (Å²) in [7, 11) is 0. The van der Waals surface area contributed by atoms with Gasteiger partial charge in [0.2, 0.25) is 0 Å².